The smallest absolute Gasteiger partial charge is 0.320 e. The average Bonchev–Trinajstić information content (AvgIpc) is 3.17. The van der Waals surface area contributed by atoms with Crippen LogP contribution in [0, 0.1) is 24.7 Å². The molecule has 9 nitrogen and oxygen atoms in total. The Kier molecular flexibility index (Phi) is 10.8. The second kappa shape index (κ2) is 14.4. The summed E-state index contributed by atoms with van der Waals surface area (Å²) in [5, 5.41) is 5.74. The van der Waals surface area contributed by atoms with Crippen molar-refractivity contribution in [1.82, 2.24) is 5.32 Å². The molecule has 0 radical (unpaired) electrons. The van der Waals surface area contributed by atoms with Crippen LogP contribution in [0.15, 0.2) is 48.5 Å². The number of urea groups is 1. The summed E-state index contributed by atoms with van der Waals surface area (Å²) in [6, 6.07) is 14.0. The van der Waals surface area contributed by atoms with Gasteiger partial charge in [-0.05, 0) is 69.6 Å². The third-order valence-corrected chi connectivity index (χ3v) is 8.59. The van der Waals surface area contributed by atoms with Gasteiger partial charge in [0.05, 0.1) is 18.7 Å². The Morgan fingerprint density at radius 3 is 2.35 bits per heavy atom. The first kappa shape index (κ1) is 32.5. The summed E-state index contributed by atoms with van der Waals surface area (Å²) < 4.78 is 17.7. The van der Waals surface area contributed by atoms with E-state index in [0.717, 1.165) is 24.8 Å². The van der Waals surface area contributed by atoms with Gasteiger partial charge in [-0.25, -0.2) is 4.79 Å². The van der Waals surface area contributed by atoms with Gasteiger partial charge in [0.25, 0.3) is 5.91 Å². The van der Waals surface area contributed by atoms with E-state index in [2.05, 4.69) is 31.4 Å². The maximum Gasteiger partial charge on any atom is 0.320 e. The van der Waals surface area contributed by atoms with E-state index < -0.39 is 29.7 Å². The van der Waals surface area contributed by atoms with Crippen molar-refractivity contribution in [3.05, 3.63) is 59.7 Å². The molecule has 9 heteroatoms. The van der Waals surface area contributed by atoms with E-state index in [1.807, 2.05) is 45.0 Å². The summed E-state index contributed by atoms with van der Waals surface area (Å²) in [4.78, 5) is 43.3. The summed E-state index contributed by atoms with van der Waals surface area (Å²) in [7, 11) is 0. The molecule has 3 amide bonds. The van der Waals surface area contributed by atoms with Crippen LogP contribution >= 0.6 is 0 Å². The fourth-order valence-corrected chi connectivity index (χ4v) is 6.39. The van der Waals surface area contributed by atoms with Crippen LogP contribution in [-0.2, 0) is 29.3 Å². The fourth-order valence-electron chi connectivity index (χ4n) is 6.39. The predicted octanol–water partition coefficient (Wildman–Crippen LogP) is 6.15. The van der Waals surface area contributed by atoms with Crippen molar-refractivity contribution in [2.45, 2.75) is 85.2 Å². The molecule has 1 saturated carbocycles. The molecule has 0 saturated heterocycles. The summed E-state index contributed by atoms with van der Waals surface area (Å²) in [5.41, 5.74) is 1.06. The van der Waals surface area contributed by atoms with E-state index in [4.69, 9.17) is 14.2 Å². The Hall–Kier alpha value is -3.43. The molecule has 1 aliphatic heterocycles. The Labute approximate surface area is 255 Å². The molecular formula is C34H47N3O6. The molecule has 1 aliphatic carbocycles. The monoisotopic (exact) mass is 593 g/mol. The third kappa shape index (κ3) is 7.57. The zero-order chi connectivity index (χ0) is 31.1. The number of esters is 1. The zero-order valence-corrected chi connectivity index (χ0v) is 26.4. The standard InChI is InChI=1S/C34H47N3O6/c1-7-41-31(42-8-2)21-37-28-12-10-9-11-27(28)34(32(37)39,36-33(40)35-25-16-13-23(5)14-17-25)20-30(38)43-29-19-24(6)15-18-26(29)22(3)4/h9-14,16-17,22,24,26,29,31H,7-8,15,18-21H2,1-6H3,(H2,35,36,40)/t24-,26+,29-,34-/m1/s1. The number of hydrogen-bond donors (Lipinski definition) is 2. The highest BCUT2D eigenvalue weighted by atomic mass is 16.7. The van der Waals surface area contributed by atoms with Gasteiger partial charge in [-0.1, -0.05) is 63.1 Å². The third-order valence-electron chi connectivity index (χ3n) is 8.59. The molecule has 1 heterocycles. The number of benzene rings is 2. The van der Waals surface area contributed by atoms with E-state index in [1.54, 1.807) is 29.2 Å². The minimum atomic E-state index is -1.68. The van der Waals surface area contributed by atoms with Gasteiger partial charge in [-0.15, -0.1) is 0 Å². The Morgan fingerprint density at radius 2 is 1.70 bits per heavy atom. The summed E-state index contributed by atoms with van der Waals surface area (Å²) >= 11 is 0. The van der Waals surface area contributed by atoms with Crippen LogP contribution in [0.5, 0.6) is 0 Å². The van der Waals surface area contributed by atoms with Gasteiger partial charge >= 0.3 is 12.0 Å². The lowest BCUT2D eigenvalue weighted by atomic mass is 9.75. The lowest BCUT2D eigenvalue weighted by molar-refractivity contribution is -0.159. The molecule has 0 spiro atoms. The van der Waals surface area contributed by atoms with E-state index >= 15 is 0 Å². The van der Waals surface area contributed by atoms with Crippen molar-refractivity contribution < 1.29 is 28.6 Å². The maximum atomic E-state index is 14.5. The number of ether oxygens (including phenoxy) is 3. The quantitative estimate of drug-likeness (QED) is 0.226. The first-order valence-electron chi connectivity index (χ1n) is 15.6. The zero-order valence-electron chi connectivity index (χ0n) is 26.4. The Balaban J connectivity index is 1.68. The van der Waals surface area contributed by atoms with Crippen molar-refractivity contribution in [1.29, 1.82) is 0 Å². The molecule has 2 N–H and O–H groups in total. The largest absolute Gasteiger partial charge is 0.462 e. The van der Waals surface area contributed by atoms with Crippen LogP contribution < -0.4 is 15.5 Å². The SMILES string of the molecule is CCOC(CN1C(=O)[C@](CC(=O)O[C@@H]2C[C@H](C)CC[C@H]2C(C)C)(NC(=O)Nc2ccc(C)cc2)c2ccccc21)OCC. The van der Waals surface area contributed by atoms with Gasteiger partial charge in [-0.2, -0.15) is 0 Å². The second-order valence-electron chi connectivity index (χ2n) is 12.2. The topological polar surface area (TPSA) is 106 Å². The van der Waals surface area contributed by atoms with Crippen molar-refractivity contribution in [2.75, 3.05) is 30.0 Å². The number of rotatable bonds is 12. The molecule has 2 aromatic carbocycles. The van der Waals surface area contributed by atoms with E-state index in [0.29, 0.717) is 42.0 Å². The highest BCUT2D eigenvalue weighted by Gasteiger charge is 2.54. The first-order valence-corrected chi connectivity index (χ1v) is 15.6. The summed E-state index contributed by atoms with van der Waals surface area (Å²) in [5.74, 6) is 0.0906. The van der Waals surface area contributed by atoms with Crippen LogP contribution in [0.4, 0.5) is 16.2 Å². The number of nitrogens with one attached hydrogen (secondary N) is 2. The fraction of sp³-hybridized carbons (Fsp3) is 0.559. The molecule has 1 fully saturated rings. The molecular weight excluding hydrogens is 546 g/mol. The van der Waals surface area contributed by atoms with Crippen LogP contribution in [0.1, 0.15) is 71.4 Å². The Bertz CT molecular complexity index is 1260. The average molecular weight is 594 g/mol. The number of hydrogen-bond acceptors (Lipinski definition) is 6. The highest BCUT2D eigenvalue weighted by Crippen LogP contribution is 2.44. The minimum absolute atomic E-state index is 0.102. The highest BCUT2D eigenvalue weighted by molar-refractivity contribution is 6.11. The molecule has 0 bridgehead atoms. The van der Waals surface area contributed by atoms with E-state index in [1.165, 1.54) is 0 Å². The predicted molar refractivity (Wildman–Crippen MR) is 167 cm³/mol. The van der Waals surface area contributed by atoms with Crippen molar-refractivity contribution in [3.63, 3.8) is 0 Å². The molecule has 0 aromatic heterocycles. The van der Waals surface area contributed by atoms with Crippen molar-refractivity contribution in [3.8, 4) is 0 Å². The number of carbonyl (C=O) groups excluding carboxylic acids is 3. The molecule has 2 aromatic rings. The normalized spacial score (nSPS) is 23.4. The van der Waals surface area contributed by atoms with Crippen LogP contribution in [0.25, 0.3) is 0 Å². The van der Waals surface area contributed by atoms with Gasteiger partial charge < -0.3 is 29.7 Å². The van der Waals surface area contributed by atoms with Gasteiger partial charge in [-0.3, -0.25) is 9.59 Å². The number of amides is 3. The van der Waals surface area contributed by atoms with Gasteiger partial charge in [0.1, 0.15) is 6.10 Å². The molecule has 0 unspecified atom stereocenters. The number of anilines is 2. The number of aryl methyl sites for hydroxylation is 1. The van der Waals surface area contributed by atoms with Gasteiger partial charge in [0.2, 0.25) is 0 Å². The lowest BCUT2D eigenvalue weighted by Gasteiger charge is -2.37. The summed E-state index contributed by atoms with van der Waals surface area (Å²) in [6.07, 6.45) is 1.62. The maximum absolute atomic E-state index is 14.5. The number of nitrogens with zero attached hydrogens (tertiary/aromatic N) is 1. The van der Waals surface area contributed by atoms with Crippen molar-refractivity contribution >= 4 is 29.3 Å². The molecule has 2 aliphatic rings. The van der Waals surface area contributed by atoms with Crippen LogP contribution in [0.2, 0.25) is 0 Å². The summed E-state index contributed by atoms with van der Waals surface area (Å²) in [6.45, 7) is 13.1. The molecule has 4 rings (SSSR count). The van der Waals surface area contributed by atoms with Gasteiger partial charge in [0, 0.05) is 24.5 Å². The Morgan fingerprint density at radius 1 is 1.02 bits per heavy atom. The number of para-hydroxylation sites is 1. The first-order chi connectivity index (χ1) is 20.6. The van der Waals surface area contributed by atoms with Crippen molar-refractivity contribution in [2.24, 2.45) is 17.8 Å². The minimum Gasteiger partial charge on any atom is -0.462 e. The van der Waals surface area contributed by atoms with Crippen LogP contribution in [-0.4, -0.2) is 50.1 Å². The van der Waals surface area contributed by atoms with E-state index in [-0.39, 0.29) is 25.0 Å². The second-order valence-corrected chi connectivity index (χ2v) is 12.2. The van der Waals surface area contributed by atoms with E-state index in [9.17, 15) is 14.4 Å². The number of carbonyl (C=O) groups is 3. The molecule has 43 heavy (non-hydrogen) atoms. The molecule has 4 atom stereocenters. The molecule has 234 valence electrons. The van der Waals surface area contributed by atoms with Gasteiger partial charge in [0.15, 0.2) is 11.8 Å². The van der Waals surface area contributed by atoms with Crippen LogP contribution in [0.3, 0.4) is 0 Å². The number of fused-ring (bicyclic) bond motifs is 1. The lowest BCUT2D eigenvalue weighted by Crippen LogP contribution is -2.56.